The molecule has 1 atom stereocenters. The van der Waals surface area contributed by atoms with Gasteiger partial charge in [0.1, 0.15) is 5.58 Å². The lowest BCUT2D eigenvalue weighted by Gasteiger charge is -2.26. The lowest BCUT2D eigenvalue weighted by Crippen LogP contribution is -2.37. The highest BCUT2D eigenvalue weighted by atomic mass is 32.2. The van der Waals surface area contributed by atoms with Crippen molar-refractivity contribution in [2.45, 2.75) is 44.4 Å². The van der Waals surface area contributed by atoms with E-state index in [4.69, 9.17) is 4.42 Å². The quantitative estimate of drug-likeness (QED) is 0.929. The van der Waals surface area contributed by atoms with Crippen LogP contribution in [0, 0.1) is 5.92 Å². The molecule has 0 bridgehead atoms. The number of nitrogens with one attached hydrogen (secondary N) is 1. The van der Waals surface area contributed by atoms with Gasteiger partial charge in [0.05, 0.1) is 5.75 Å². The average Bonchev–Trinajstić information content (AvgIpc) is 2.88. The van der Waals surface area contributed by atoms with Gasteiger partial charge in [0, 0.05) is 34.0 Å². The van der Waals surface area contributed by atoms with Gasteiger partial charge in [-0.1, -0.05) is 25.1 Å². The predicted octanol–water partition coefficient (Wildman–Crippen LogP) is 3.62. The summed E-state index contributed by atoms with van der Waals surface area (Å²) in [7, 11) is -1.03. The summed E-state index contributed by atoms with van der Waals surface area (Å²) in [6.07, 6.45) is 5.98. The number of para-hydroxylation sites is 1. The van der Waals surface area contributed by atoms with E-state index in [0.29, 0.717) is 17.1 Å². The third kappa shape index (κ3) is 3.66. The highest BCUT2D eigenvalue weighted by Crippen LogP contribution is 2.28. The van der Waals surface area contributed by atoms with Crippen molar-refractivity contribution in [2.75, 3.05) is 6.26 Å². The largest absolute Gasteiger partial charge is 0.451 e. The summed E-state index contributed by atoms with van der Waals surface area (Å²) in [6.45, 7) is 2.26. The molecule has 1 saturated carbocycles. The Morgan fingerprint density at radius 1 is 1.26 bits per heavy atom. The molecule has 1 aliphatic rings. The molecule has 1 heterocycles. The summed E-state index contributed by atoms with van der Waals surface area (Å²) in [4.78, 5) is 12.7. The highest BCUT2D eigenvalue weighted by Gasteiger charge is 2.25. The van der Waals surface area contributed by atoms with Crippen molar-refractivity contribution >= 4 is 27.7 Å². The number of hydrogen-bond acceptors (Lipinski definition) is 3. The monoisotopic (exact) mass is 333 g/mol. The van der Waals surface area contributed by atoms with Gasteiger partial charge in [-0.2, -0.15) is 0 Å². The molecule has 1 amide bonds. The molecule has 124 valence electrons. The fourth-order valence-electron chi connectivity index (χ4n) is 3.28. The number of carbonyl (C=O) groups is 1. The van der Waals surface area contributed by atoms with E-state index in [1.54, 1.807) is 6.26 Å². The van der Waals surface area contributed by atoms with Gasteiger partial charge < -0.3 is 9.73 Å². The van der Waals surface area contributed by atoms with Crippen molar-refractivity contribution in [1.82, 2.24) is 5.32 Å². The third-order valence-corrected chi connectivity index (χ3v) is 5.30. The minimum Gasteiger partial charge on any atom is -0.451 e. The Bertz CT molecular complexity index is 729. The number of carbonyl (C=O) groups excluding carboxylic acids is 1. The molecule has 0 radical (unpaired) electrons. The lowest BCUT2D eigenvalue weighted by atomic mass is 9.87. The van der Waals surface area contributed by atoms with Crippen LogP contribution in [0.15, 0.2) is 28.7 Å². The topological polar surface area (TPSA) is 59.3 Å². The number of fused-ring (bicyclic) bond motifs is 1. The van der Waals surface area contributed by atoms with Gasteiger partial charge in [-0.05, 0) is 37.7 Å². The first kappa shape index (κ1) is 16.2. The molecule has 0 aliphatic heterocycles. The number of furan rings is 1. The van der Waals surface area contributed by atoms with E-state index in [0.717, 1.165) is 42.6 Å². The van der Waals surface area contributed by atoms with Crippen molar-refractivity contribution in [3.05, 3.63) is 35.6 Å². The number of rotatable bonds is 4. The molecular weight excluding hydrogens is 310 g/mol. The molecule has 0 spiro atoms. The van der Waals surface area contributed by atoms with Crippen molar-refractivity contribution in [2.24, 2.45) is 5.92 Å². The summed E-state index contributed by atoms with van der Waals surface area (Å²) in [5.74, 6) is 1.22. The van der Waals surface area contributed by atoms with Crippen LogP contribution < -0.4 is 5.32 Å². The van der Waals surface area contributed by atoms with Crippen molar-refractivity contribution in [3.8, 4) is 0 Å². The van der Waals surface area contributed by atoms with Gasteiger partial charge in [-0.15, -0.1) is 0 Å². The Hall–Kier alpha value is -1.62. The molecule has 3 rings (SSSR count). The highest BCUT2D eigenvalue weighted by molar-refractivity contribution is 7.83. The Morgan fingerprint density at radius 2 is 1.96 bits per heavy atom. The van der Waals surface area contributed by atoms with Crippen molar-refractivity contribution in [1.29, 1.82) is 0 Å². The van der Waals surface area contributed by atoms with Crippen LogP contribution in [0.25, 0.3) is 11.0 Å². The van der Waals surface area contributed by atoms with Gasteiger partial charge in [-0.25, -0.2) is 0 Å². The molecule has 0 saturated heterocycles. The molecule has 1 fully saturated rings. The first-order valence-corrected chi connectivity index (χ1v) is 9.88. The standard InChI is InChI=1S/C18H23NO3S/c1-12-7-9-13(10-8-12)19-18(20)17-15(11-23(2)21)14-5-3-4-6-16(14)22-17/h3-6,12-13H,7-11H2,1-2H3,(H,19,20). The van der Waals surface area contributed by atoms with Crippen LogP contribution in [0.2, 0.25) is 0 Å². The molecule has 4 nitrogen and oxygen atoms in total. The Kier molecular flexibility index (Phi) is 4.85. The van der Waals surface area contributed by atoms with Crippen LogP contribution in [0.1, 0.15) is 48.7 Å². The van der Waals surface area contributed by atoms with Gasteiger partial charge in [-0.3, -0.25) is 9.00 Å². The van der Waals surface area contributed by atoms with Crippen LogP contribution in [0.3, 0.4) is 0 Å². The van der Waals surface area contributed by atoms with E-state index in [9.17, 15) is 9.00 Å². The fourth-order valence-corrected chi connectivity index (χ4v) is 3.98. The minimum atomic E-state index is -1.03. The molecule has 1 N–H and O–H groups in total. The normalized spacial score (nSPS) is 22.9. The Labute approximate surface area is 139 Å². The maximum absolute atomic E-state index is 12.7. The van der Waals surface area contributed by atoms with Crippen LogP contribution in [0.5, 0.6) is 0 Å². The zero-order valence-electron chi connectivity index (χ0n) is 13.6. The van der Waals surface area contributed by atoms with Crippen LogP contribution >= 0.6 is 0 Å². The maximum Gasteiger partial charge on any atom is 0.287 e. The third-order valence-electron chi connectivity index (χ3n) is 4.60. The van der Waals surface area contributed by atoms with E-state index in [1.807, 2.05) is 24.3 Å². The lowest BCUT2D eigenvalue weighted by molar-refractivity contribution is 0.0896. The first-order chi connectivity index (χ1) is 11.0. The van der Waals surface area contributed by atoms with E-state index >= 15 is 0 Å². The van der Waals surface area contributed by atoms with Crippen molar-refractivity contribution < 1.29 is 13.4 Å². The average molecular weight is 333 g/mol. The molecule has 1 aliphatic carbocycles. The molecule has 1 unspecified atom stereocenters. The smallest absolute Gasteiger partial charge is 0.287 e. The van der Waals surface area contributed by atoms with Crippen molar-refractivity contribution in [3.63, 3.8) is 0 Å². The van der Waals surface area contributed by atoms with Crippen LogP contribution in [-0.4, -0.2) is 22.4 Å². The predicted molar refractivity (Wildman–Crippen MR) is 92.9 cm³/mol. The molecule has 1 aromatic carbocycles. The van der Waals surface area contributed by atoms with Crippen LogP contribution in [-0.2, 0) is 16.6 Å². The summed E-state index contributed by atoms with van der Waals surface area (Å²) in [6, 6.07) is 7.76. The number of hydrogen-bond donors (Lipinski definition) is 1. The van der Waals surface area contributed by atoms with E-state index in [-0.39, 0.29) is 11.9 Å². The van der Waals surface area contributed by atoms with Gasteiger partial charge >= 0.3 is 0 Å². The first-order valence-electron chi connectivity index (χ1n) is 8.16. The summed E-state index contributed by atoms with van der Waals surface area (Å²) in [5, 5.41) is 3.98. The number of benzene rings is 1. The molecule has 5 heteroatoms. The summed E-state index contributed by atoms with van der Waals surface area (Å²) >= 11 is 0. The van der Waals surface area contributed by atoms with Gasteiger partial charge in [0.25, 0.3) is 5.91 Å². The molecule has 1 aromatic heterocycles. The molecule has 23 heavy (non-hydrogen) atoms. The molecule has 2 aromatic rings. The van der Waals surface area contributed by atoms with E-state index in [1.165, 1.54) is 0 Å². The van der Waals surface area contributed by atoms with Crippen LogP contribution in [0.4, 0.5) is 0 Å². The SMILES string of the molecule is CC1CCC(NC(=O)c2oc3ccccc3c2CS(C)=O)CC1. The maximum atomic E-state index is 12.7. The van der Waals surface area contributed by atoms with E-state index < -0.39 is 10.8 Å². The Morgan fingerprint density at radius 3 is 2.65 bits per heavy atom. The summed E-state index contributed by atoms with van der Waals surface area (Å²) < 4.78 is 17.5. The second-order valence-corrected chi connectivity index (χ2v) is 7.99. The van der Waals surface area contributed by atoms with E-state index in [2.05, 4.69) is 12.2 Å². The second-order valence-electron chi connectivity index (χ2n) is 6.55. The minimum absolute atomic E-state index is 0.179. The zero-order chi connectivity index (χ0) is 16.4. The van der Waals surface area contributed by atoms with Gasteiger partial charge in [0.15, 0.2) is 5.76 Å². The molecular formula is C18H23NO3S. The second kappa shape index (κ2) is 6.87. The zero-order valence-corrected chi connectivity index (χ0v) is 14.4. The van der Waals surface area contributed by atoms with Gasteiger partial charge in [0.2, 0.25) is 0 Å². The Balaban J connectivity index is 1.85. The fraction of sp³-hybridized carbons (Fsp3) is 0.500. The number of amides is 1. The summed E-state index contributed by atoms with van der Waals surface area (Å²) in [5.41, 5.74) is 1.43.